The van der Waals surface area contributed by atoms with Crippen LogP contribution in [-0.2, 0) is 14.9 Å². The summed E-state index contributed by atoms with van der Waals surface area (Å²) in [6.45, 7) is 11.9. The first-order valence-electron chi connectivity index (χ1n) is 12.0. The number of esters is 1. The van der Waals surface area contributed by atoms with Gasteiger partial charge < -0.3 is 9.47 Å². The van der Waals surface area contributed by atoms with Crippen molar-refractivity contribution in [3.63, 3.8) is 0 Å². The van der Waals surface area contributed by atoms with Crippen LogP contribution < -0.4 is 19.6 Å². The Morgan fingerprint density at radius 2 is 1.72 bits per heavy atom. The van der Waals surface area contributed by atoms with Crippen molar-refractivity contribution in [2.24, 2.45) is 4.99 Å². The van der Waals surface area contributed by atoms with Crippen LogP contribution in [0.2, 0.25) is 0 Å². The Morgan fingerprint density at radius 1 is 1.08 bits per heavy atom. The zero-order valence-electron chi connectivity index (χ0n) is 21.8. The molecule has 4 rings (SSSR count). The second-order valence-corrected chi connectivity index (χ2v) is 11.2. The van der Waals surface area contributed by atoms with Gasteiger partial charge in [0.2, 0.25) is 0 Å². The smallest absolute Gasteiger partial charge is 0.338 e. The highest BCUT2D eigenvalue weighted by atomic mass is 32.1. The fourth-order valence-electron chi connectivity index (χ4n) is 4.19. The number of aromatic nitrogens is 1. The van der Waals surface area contributed by atoms with Crippen molar-refractivity contribution in [3.8, 4) is 5.75 Å². The van der Waals surface area contributed by atoms with Crippen LogP contribution in [0.15, 0.2) is 69.6 Å². The summed E-state index contributed by atoms with van der Waals surface area (Å²) in [6.07, 6.45) is 1.59. The summed E-state index contributed by atoms with van der Waals surface area (Å²) < 4.78 is 13.0. The number of carbonyl (C=O) groups is 1. The van der Waals surface area contributed by atoms with E-state index in [0.29, 0.717) is 26.4 Å². The maximum absolute atomic E-state index is 13.7. The van der Waals surface area contributed by atoms with E-state index in [9.17, 15) is 9.59 Å². The quantitative estimate of drug-likeness (QED) is 0.480. The number of fused-ring (bicyclic) bond motifs is 1. The lowest BCUT2D eigenvalue weighted by atomic mass is 9.87. The second kappa shape index (κ2) is 9.90. The minimum atomic E-state index is -0.649. The number of allylic oxidation sites excluding steroid dienone is 1. The van der Waals surface area contributed by atoms with Gasteiger partial charge in [0.05, 0.1) is 35.1 Å². The lowest BCUT2D eigenvalue weighted by Crippen LogP contribution is -2.40. The van der Waals surface area contributed by atoms with Crippen molar-refractivity contribution in [2.45, 2.75) is 59.1 Å². The van der Waals surface area contributed by atoms with Crippen LogP contribution in [0.5, 0.6) is 5.75 Å². The van der Waals surface area contributed by atoms with Gasteiger partial charge in [-0.25, -0.2) is 9.79 Å². The number of rotatable bonds is 5. The van der Waals surface area contributed by atoms with Crippen LogP contribution in [0.4, 0.5) is 0 Å². The van der Waals surface area contributed by atoms with Gasteiger partial charge in [-0.15, -0.1) is 0 Å². The molecule has 188 valence electrons. The van der Waals surface area contributed by atoms with Crippen molar-refractivity contribution < 1.29 is 14.3 Å². The number of hydrogen-bond donors (Lipinski definition) is 0. The Balaban J connectivity index is 1.88. The molecular formula is C29H32N2O4S. The topological polar surface area (TPSA) is 69.9 Å². The maximum Gasteiger partial charge on any atom is 0.338 e. The van der Waals surface area contributed by atoms with Gasteiger partial charge >= 0.3 is 5.97 Å². The zero-order chi connectivity index (χ0) is 26.2. The minimum Gasteiger partial charge on any atom is -0.497 e. The first kappa shape index (κ1) is 25.6. The normalized spacial score (nSPS) is 16.1. The van der Waals surface area contributed by atoms with Crippen LogP contribution in [0.3, 0.4) is 0 Å². The Kier molecular flexibility index (Phi) is 7.05. The average Bonchev–Trinajstić information content (AvgIpc) is 3.12. The Hall–Kier alpha value is -3.45. The molecule has 0 amide bonds. The summed E-state index contributed by atoms with van der Waals surface area (Å²) in [4.78, 5) is 32.1. The number of nitrogens with zero attached hydrogens (tertiary/aromatic N) is 2. The molecule has 0 N–H and O–H groups in total. The number of benzene rings is 2. The van der Waals surface area contributed by atoms with E-state index in [2.05, 4.69) is 37.9 Å². The highest BCUT2D eigenvalue weighted by molar-refractivity contribution is 7.07. The van der Waals surface area contributed by atoms with Crippen LogP contribution in [0.25, 0.3) is 6.08 Å². The molecule has 0 spiro atoms. The maximum atomic E-state index is 13.7. The second-order valence-electron chi connectivity index (χ2n) is 10.2. The summed E-state index contributed by atoms with van der Waals surface area (Å²) in [7, 11) is 1.60. The molecule has 1 aliphatic rings. The van der Waals surface area contributed by atoms with E-state index < -0.39 is 12.0 Å². The van der Waals surface area contributed by atoms with Gasteiger partial charge in [-0.1, -0.05) is 68.5 Å². The van der Waals surface area contributed by atoms with Crippen LogP contribution in [-0.4, -0.2) is 23.8 Å². The van der Waals surface area contributed by atoms with Crippen molar-refractivity contribution in [1.82, 2.24) is 4.57 Å². The summed E-state index contributed by atoms with van der Waals surface area (Å²) in [6, 6.07) is 15.0. The van der Waals surface area contributed by atoms with Gasteiger partial charge in [-0.3, -0.25) is 9.36 Å². The molecule has 0 saturated heterocycles. The molecular weight excluding hydrogens is 472 g/mol. The van der Waals surface area contributed by atoms with E-state index in [1.807, 2.05) is 42.5 Å². The lowest BCUT2D eigenvalue weighted by molar-refractivity contribution is -0.143. The Labute approximate surface area is 215 Å². The highest BCUT2D eigenvalue weighted by Gasteiger charge is 2.33. The Bertz CT molecular complexity index is 1490. The number of thiazole rings is 1. The summed E-state index contributed by atoms with van der Waals surface area (Å²) in [5.41, 5.74) is 3.71. The van der Waals surface area contributed by atoms with E-state index >= 15 is 0 Å². The standard InChI is InChI=1S/C29H32N2O4S/c1-17(2)35-27(33)24-18(3)30-28-31(25(24)20-10-14-22(34-7)15-11-20)26(32)23(36-28)16-19-8-12-21(13-9-19)29(4,5)6/h8-17,25H,1-7H3/b23-16-/t25-/m0/s1. The molecule has 0 unspecified atom stereocenters. The molecule has 0 saturated carbocycles. The SMILES string of the molecule is COc1ccc([C@H]2C(C(=O)OC(C)C)=C(C)N=c3s/c(=C\c4ccc(C(C)(C)C)cc4)c(=O)n32)cc1. The molecule has 0 bridgehead atoms. The minimum absolute atomic E-state index is 0.0504. The molecule has 7 heteroatoms. The van der Waals surface area contributed by atoms with Gasteiger partial charge in [-0.05, 0) is 61.1 Å². The first-order chi connectivity index (χ1) is 17.0. The third-order valence-electron chi connectivity index (χ3n) is 6.09. The number of carbonyl (C=O) groups excluding carboxylic acids is 1. The van der Waals surface area contributed by atoms with Gasteiger partial charge in [0, 0.05) is 0 Å². The number of methoxy groups -OCH3 is 1. The van der Waals surface area contributed by atoms with Crippen LogP contribution in [0, 0.1) is 0 Å². The summed E-state index contributed by atoms with van der Waals surface area (Å²) in [5, 5.41) is 0. The van der Waals surface area contributed by atoms with Crippen molar-refractivity contribution in [2.75, 3.05) is 7.11 Å². The van der Waals surface area contributed by atoms with Crippen molar-refractivity contribution in [3.05, 3.63) is 96.2 Å². The first-order valence-corrected chi connectivity index (χ1v) is 12.8. The molecule has 1 atom stereocenters. The van der Waals surface area contributed by atoms with E-state index in [4.69, 9.17) is 9.47 Å². The fourth-order valence-corrected chi connectivity index (χ4v) is 5.24. The monoisotopic (exact) mass is 504 g/mol. The average molecular weight is 505 g/mol. The molecule has 0 fully saturated rings. The lowest BCUT2D eigenvalue weighted by Gasteiger charge is -2.25. The van der Waals surface area contributed by atoms with Crippen LogP contribution >= 0.6 is 11.3 Å². The van der Waals surface area contributed by atoms with E-state index in [-0.39, 0.29) is 17.1 Å². The molecule has 0 aliphatic carbocycles. The largest absolute Gasteiger partial charge is 0.497 e. The molecule has 2 aromatic carbocycles. The van der Waals surface area contributed by atoms with E-state index in [0.717, 1.165) is 11.1 Å². The third-order valence-corrected chi connectivity index (χ3v) is 7.07. The summed E-state index contributed by atoms with van der Waals surface area (Å²) >= 11 is 1.32. The number of hydrogen-bond acceptors (Lipinski definition) is 6. The predicted octanol–water partition coefficient (Wildman–Crippen LogP) is 4.49. The van der Waals surface area contributed by atoms with E-state index in [1.165, 1.54) is 16.9 Å². The zero-order valence-corrected chi connectivity index (χ0v) is 22.6. The Morgan fingerprint density at radius 3 is 2.28 bits per heavy atom. The van der Waals surface area contributed by atoms with Gasteiger partial charge in [0.1, 0.15) is 5.75 Å². The molecule has 3 aromatic rings. The molecule has 2 heterocycles. The molecule has 36 heavy (non-hydrogen) atoms. The highest BCUT2D eigenvalue weighted by Crippen LogP contribution is 2.32. The van der Waals surface area contributed by atoms with Gasteiger partial charge in [0.15, 0.2) is 4.80 Å². The molecule has 0 radical (unpaired) electrons. The third kappa shape index (κ3) is 5.07. The van der Waals surface area contributed by atoms with Crippen molar-refractivity contribution >= 4 is 23.4 Å². The van der Waals surface area contributed by atoms with E-state index in [1.54, 1.807) is 32.4 Å². The van der Waals surface area contributed by atoms with Gasteiger partial charge in [-0.2, -0.15) is 0 Å². The molecule has 6 nitrogen and oxygen atoms in total. The molecule has 1 aromatic heterocycles. The van der Waals surface area contributed by atoms with Crippen molar-refractivity contribution in [1.29, 1.82) is 0 Å². The molecule has 1 aliphatic heterocycles. The summed E-state index contributed by atoms with van der Waals surface area (Å²) in [5.74, 6) is 0.219. The number of ether oxygens (including phenoxy) is 2. The van der Waals surface area contributed by atoms with Gasteiger partial charge in [0.25, 0.3) is 5.56 Å². The predicted molar refractivity (Wildman–Crippen MR) is 143 cm³/mol. The van der Waals surface area contributed by atoms with Crippen LogP contribution in [0.1, 0.15) is 64.3 Å². The fraction of sp³-hybridized carbons (Fsp3) is 0.345.